The summed E-state index contributed by atoms with van der Waals surface area (Å²) in [6, 6.07) is 43.4. The monoisotopic (exact) mass is 500 g/mol. The molecule has 0 N–H and O–H groups in total. The molecule has 0 atom stereocenters. The number of para-hydroxylation sites is 5. The zero-order valence-corrected chi connectivity index (χ0v) is 21.9. The topological polar surface area (TPSA) is 9.86 Å². The van der Waals surface area contributed by atoms with Gasteiger partial charge in [-0.1, -0.05) is 110 Å². The van der Waals surface area contributed by atoms with E-state index in [9.17, 15) is 0 Å². The maximum absolute atomic E-state index is 4.23. The lowest BCUT2D eigenvalue weighted by Gasteiger charge is -2.19. The van der Waals surface area contributed by atoms with Crippen molar-refractivity contribution in [2.75, 3.05) is 0 Å². The minimum atomic E-state index is 1.09. The van der Waals surface area contributed by atoms with Crippen LogP contribution in [0.25, 0.3) is 67.4 Å². The van der Waals surface area contributed by atoms with Gasteiger partial charge in [0, 0.05) is 32.8 Å². The van der Waals surface area contributed by atoms with E-state index in [1.165, 1.54) is 49.4 Å². The molecule has 5 aromatic carbocycles. The summed E-state index contributed by atoms with van der Waals surface area (Å²) in [7, 11) is 0. The van der Waals surface area contributed by atoms with Crippen molar-refractivity contribution >= 4 is 44.9 Å². The lowest BCUT2D eigenvalue weighted by Crippen LogP contribution is -2.02. The molecule has 7 rings (SSSR count). The van der Waals surface area contributed by atoms with Gasteiger partial charge in [0.15, 0.2) is 0 Å². The molecular weight excluding hydrogens is 472 g/mol. The van der Waals surface area contributed by atoms with Crippen molar-refractivity contribution in [1.82, 2.24) is 9.13 Å². The molecule has 7 aromatic rings. The van der Waals surface area contributed by atoms with Crippen molar-refractivity contribution in [3.05, 3.63) is 145 Å². The van der Waals surface area contributed by atoms with Gasteiger partial charge in [0.05, 0.1) is 33.6 Å². The molecule has 2 nitrogen and oxygen atoms in total. The van der Waals surface area contributed by atoms with Crippen LogP contribution in [-0.4, -0.2) is 9.13 Å². The van der Waals surface area contributed by atoms with E-state index in [2.05, 4.69) is 156 Å². The second kappa shape index (κ2) is 9.34. The highest BCUT2D eigenvalue weighted by Gasteiger charge is 2.20. The standard InChI is InChI=1S/C37H28N2/c1-3-15-26-27-16-5-10-21-33(27)38(32(26)4-2)34-22-11-6-17-28(34)29-18-7-12-23-35(29)39-36-24-13-8-19-30(36)31-20-9-14-25-37(31)39/h3-25H,2H2,1H3/b15-3-. The molecule has 0 aliphatic heterocycles. The average Bonchev–Trinajstić information content (AvgIpc) is 3.50. The number of aromatic nitrogens is 2. The quantitative estimate of drug-likeness (QED) is 0.222. The number of hydrogen-bond donors (Lipinski definition) is 0. The highest BCUT2D eigenvalue weighted by atomic mass is 15.0. The minimum absolute atomic E-state index is 1.09. The summed E-state index contributed by atoms with van der Waals surface area (Å²) in [6.45, 7) is 6.29. The van der Waals surface area contributed by atoms with Crippen LogP contribution in [0.2, 0.25) is 0 Å². The van der Waals surface area contributed by atoms with Gasteiger partial charge in [0.25, 0.3) is 0 Å². The first-order valence-corrected chi connectivity index (χ1v) is 13.4. The van der Waals surface area contributed by atoms with Crippen molar-refractivity contribution in [1.29, 1.82) is 0 Å². The number of fused-ring (bicyclic) bond motifs is 4. The molecule has 0 spiro atoms. The zero-order chi connectivity index (χ0) is 26.3. The maximum atomic E-state index is 4.23. The highest BCUT2D eigenvalue weighted by molar-refractivity contribution is 6.10. The molecule has 2 aromatic heterocycles. The molecule has 0 fully saturated rings. The van der Waals surface area contributed by atoms with Crippen LogP contribution < -0.4 is 0 Å². The number of nitrogens with zero attached hydrogens (tertiary/aromatic N) is 2. The first-order chi connectivity index (χ1) is 19.3. The Morgan fingerprint density at radius 1 is 0.513 bits per heavy atom. The van der Waals surface area contributed by atoms with Crippen molar-refractivity contribution in [2.24, 2.45) is 0 Å². The Kier molecular flexibility index (Phi) is 5.53. The summed E-state index contributed by atoms with van der Waals surface area (Å²) in [4.78, 5) is 0. The molecule has 39 heavy (non-hydrogen) atoms. The number of hydrogen-bond acceptors (Lipinski definition) is 0. The van der Waals surface area contributed by atoms with E-state index in [1.54, 1.807) is 0 Å². The molecule has 2 heterocycles. The van der Waals surface area contributed by atoms with Crippen molar-refractivity contribution in [2.45, 2.75) is 6.92 Å². The van der Waals surface area contributed by atoms with Crippen molar-refractivity contribution in [3.63, 3.8) is 0 Å². The third kappa shape index (κ3) is 3.49. The van der Waals surface area contributed by atoms with E-state index < -0.39 is 0 Å². The fraction of sp³-hybridized carbons (Fsp3) is 0.0270. The zero-order valence-electron chi connectivity index (χ0n) is 21.9. The van der Waals surface area contributed by atoms with Gasteiger partial charge in [-0.05, 0) is 43.3 Å². The van der Waals surface area contributed by atoms with Crippen LogP contribution >= 0.6 is 0 Å². The smallest absolute Gasteiger partial charge is 0.0541 e. The fourth-order valence-corrected chi connectivity index (χ4v) is 6.06. The lowest BCUT2D eigenvalue weighted by molar-refractivity contribution is 1.10. The van der Waals surface area contributed by atoms with E-state index in [1.807, 2.05) is 6.08 Å². The highest BCUT2D eigenvalue weighted by Crippen LogP contribution is 2.40. The van der Waals surface area contributed by atoms with Crippen LogP contribution in [0.3, 0.4) is 0 Å². The van der Waals surface area contributed by atoms with E-state index in [4.69, 9.17) is 0 Å². The van der Waals surface area contributed by atoms with Crippen LogP contribution in [0, 0.1) is 0 Å². The minimum Gasteiger partial charge on any atom is -0.309 e. The lowest BCUT2D eigenvalue weighted by atomic mass is 10.0. The van der Waals surface area contributed by atoms with E-state index in [0.717, 1.165) is 17.1 Å². The summed E-state index contributed by atoms with van der Waals surface area (Å²) in [5.41, 5.74) is 10.5. The van der Waals surface area contributed by atoms with Crippen molar-refractivity contribution < 1.29 is 0 Å². The van der Waals surface area contributed by atoms with Crippen LogP contribution in [0.15, 0.2) is 134 Å². The Balaban J connectivity index is 1.56. The van der Waals surface area contributed by atoms with Gasteiger partial charge in [0.2, 0.25) is 0 Å². The van der Waals surface area contributed by atoms with E-state index in [0.29, 0.717) is 0 Å². The summed E-state index contributed by atoms with van der Waals surface area (Å²) in [5.74, 6) is 0. The fourth-order valence-electron chi connectivity index (χ4n) is 6.06. The Bertz CT molecular complexity index is 1990. The molecule has 2 heteroatoms. The summed E-state index contributed by atoms with van der Waals surface area (Å²) in [5, 5.41) is 3.74. The molecule has 0 unspecified atom stereocenters. The molecular formula is C37H28N2. The third-order valence-corrected chi connectivity index (χ3v) is 7.64. The predicted octanol–water partition coefficient (Wildman–Crippen LogP) is 10.1. The summed E-state index contributed by atoms with van der Waals surface area (Å²) < 4.78 is 4.76. The third-order valence-electron chi connectivity index (χ3n) is 7.64. The van der Waals surface area contributed by atoms with Gasteiger partial charge < -0.3 is 9.13 Å². The van der Waals surface area contributed by atoms with Gasteiger partial charge in [-0.15, -0.1) is 0 Å². The maximum Gasteiger partial charge on any atom is 0.0541 e. The Labute approximate surface area is 228 Å². The van der Waals surface area contributed by atoms with Gasteiger partial charge >= 0.3 is 0 Å². The van der Waals surface area contributed by atoms with Crippen LogP contribution in [0.4, 0.5) is 0 Å². The Morgan fingerprint density at radius 3 is 1.49 bits per heavy atom. The number of allylic oxidation sites excluding steroid dienone is 1. The second-order valence-electron chi connectivity index (χ2n) is 9.76. The first-order valence-electron chi connectivity index (χ1n) is 13.4. The van der Waals surface area contributed by atoms with Gasteiger partial charge in [-0.2, -0.15) is 0 Å². The van der Waals surface area contributed by atoms with Gasteiger partial charge in [-0.3, -0.25) is 0 Å². The van der Waals surface area contributed by atoms with E-state index in [-0.39, 0.29) is 0 Å². The molecule has 0 bridgehead atoms. The molecule has 0 aliphatic carbocycles. The Morgan fingerprint density at radius 2 is 0.949 bits per heavy atom. The van der Waals surface area contributed by atoms with Gasteiger partial charge in [0.1, 0.15) is 0 Å². The average molecular weight is 501 g/mol. The molecule has 0 aliphatic rings. The number of benzene rings is 5. The van der Waals surface area contributed by atoms with E-state index >= 15 is 0 Å². The van der Waals surface area contributed by atoms with Crippen molar-refractivity contribution in [3.8, 4) is 22.5 Å². The molecule has 0 amide bonds. The first kappa shape index (κ1) is 23.1. The molecule has 186 valence electrons. The second-order valence-corrected chi connectivity index (χ2v) is 9.76. The summed E-state index contributed by atoms with van der Waals surface area (Å²) in [6.07, 6.45) is 6.26. The molecule has 0 radical (unpaired) electrons. The van der Waals surface area contributed by atoms with Gasteiger partial charge in [-0.25, -0.2) is 0 Å². The van der Waals surface area contributed by atoms with Crippen LogP contribution in [-0.2, 0) is 0 Å². The summed E-state index contributed by atoms with van der Waals surface area (Å²) >= 11 is 0. The SMILES string of the molecule is C=Cc1c(/C=C\C)c2ccccc2n1-c1ccccc1-c1ccccc1-n1c2ccccc2c2ccccc21. The largest absolute Gasteiger partial charge is 0.309 e. The molecule has 0 saturated carbocycles. The Hall–Kier alpha value is -5.08. The van der Waals surface area contributed by atoms with Crippen LogP contribution in [0.1, 0.15) is 18.2 Å². The predicted molar refractivity (Wildman–Crippen MR) is 168 cm³/mol. The van der Waals surface area contributed by atoms with Crippen LogP contribution in [0.5, 0.6) is 0 Å². The molecule has 0 saturated heterocycles. The number of rotatable bonds is 5. The normalized spacial score (nSPS) is 11.7.